The van der Waals surface area contributed by atoms with Gasteiger partial charge in [-0.15, -0.1) is 0 Å². The van der Waals surface area contributed by atoms with E-state index in [-0.39, 0.29) is 5.91 Å². The second-order valence-electron chi connectivity index (χ2n) is 8.56. The molecule has 0 unspecified atom stereocenters. The number of nitrogens with zero attached hydrogens (tertiary/aromatic N) is 4. The van der Waals surface area contributed by atoms with E-state index in [1.165, 1.54) is 5.56 Å². The van der Waals surface area contributed by atoms with E-state index in [1.807, 2.05) is 12.1 Å². The summed E-state index contributed by atoms with van der Waals surface area (Å²) in [4.78, 5) is 24.1. The lowest BCUT2D eigenvalue weighted by molar-refractivity contribution is 0.0383. The van der Waals surface area contributed by atoms with Gasteiger partial charge in [0.1, 0.15) is 5.82 Å². The average Bonchev–Trinajstić information content (AvgIpc) is 3.33. The molecule has 176 valence electrons. The number of rotatable bonds is 7. The van der Waals surface area contributed by atoms with Crippen molar-refractivity contribution in [2.75, 3.05) is 77.3 Å². The standard InChI is InChI=1S/C24H31N5O4/c30-24(26-5-6-27-11-13-31-14-12-27)20-3-4-25-23(16-20)29-9-7-28(8-10-29)17-19-1-2-21-22(15-19)33-18-32-21/h1-4,15-16H,5-14,17-18H2,(H,26,30). The zero-order chi connectivity index (χ0) is 22.5. The van der Waals surface area contributed by atoms with E-state index in [4.69, 9.17) is 14.2 Å². The molecule has 9 nitrogen and oxygen atoms in total. The number of carbonyl (C=O) groups excluding carboxylic acids is 1. The first-order chi connectivity index (χ1) is 16.2. The van der Waals surface area contributed by atoms with Gasteiger partial charge in [-0.2, -0.15) is 0 Å². The Kier molecular flexibility index (Phi) is 6.89. The van der Waals surface area contributed by atoms with Crippen LogP contribution in [-0.2, 0) is 11.3 Å². The van der Waals surface area contributed by atoms with E-state index in [0.29, 0.717) is 18.9 Å². The van der Waals surface area contributed by atoms with Gasteiger partial charge in [-0.3, -0.25) is 14.6 Å². The molecule has 5 rings (SSSR count). The van der Waals surface area contributed by atoms with Crippen molar-refractivity contribution in [2.45, 2.75) is 6.54 Å². The third kappa shape index (κ3) is 5.55. The Balaban J connectivity index is 1.10. The number of hydrogen-bond acceptors (Lipinski definition) is 8. The quantitative estimate of drug-likeness (QED) is 0.670. The first-order valence-corrected chi connectivity index (χ1v) is 11.6. The molecule has 2 saturated heterocycles. The van der Waals surface area contributed by atoms with Gasteiger partial charge in [-0.25, -0.2) is 4.98 Å². The zero-order valence-electron chi connectivity index (χ0n) is 18.9. The topological polar surface area (TPSA) is 79.4 Å². The molecule has 33 heavy (non-hydrogen) atoms. The normalized spacial score (nSPS) is 19.0. The van der Waals surface area contributed by atoms with Crippen molar-refractivity contribution in [1.82, 2.24) is 20.1 Å². The van der Waals surface area contributed by atoms with Gasteiger partial charge < -0.3 is 24.4 Å². The molecule has 3 aliphatic heterocycles. The van der Waals surface area contributed by atoms with Crippen molar-refractivity contribution in [1.29, 1.82) is 0 Å². The molecule has 0 bridgehead atoms. The monoisotopic (exact) mass is 453 g/mol. The maximum absolute atomic E-state index is 12.6. The van der Waals surface area contributed by atoms with Crippen molar-refractivity contribution >= 4 is 11.7 Å². The van der Waals surface area contributed by atoms with Crippen LogP contribution in [-0.4, -0.2) is 93.1 Å². The fourth-order valence-corrected chi connectivity index (χ4v) is 4.42. The van der Waals surface area contributed by atoms with Gasteiger partial charge in [-0.05, 0) is 29.8 Å². The first kappa shape index (κ1) is 21.9. The number of nitrogens with one attached hydrogen (secondary N) is 1. The lowest BCUT2D eigenvalue weighted by Gasteiger charge is -2.35. The van der Waals surface area contributed by atoms with Gasteiger partial charge in [0.2, 0.25) is 6.79 Å². The Labute approximate surface area is 194 Å². The van der Waals surface area contributed by atoms with E-state index in [9.17, 15) is 4.79 Å². The molecule has 0 aliphatic carbocycles. The third-order valence-electron chi connectivity index (χ3n) is 6.36. The van der Waals surface area contributed by atoms with E-state index >= 15 is 0 Å². The highest BCUT2D eigenvalue weighted by atomic mass is 16.7. The molecule has 0 saturated carbocycles. The van der Waals surface area contributed by atoms with E-state index < -0.39 is 0 Å². The number of amides is 1. The number of aromatic nitrogens is 1. The van der Waals surface area contributed by atoms with Crippen LogP contribution in [0.1, 0.15) is 15.9 Å². The number of pyridine rings is 1. The predicted molar refractivity (Wildman–Crippen MR) is 124 cm³/mol. The van der Waals surface area contributed by atoms with Crippen LogP contribution >= 0.6 is 0 Å². The highest BCUT2D eigenvalue weighted by molar-refractivity contribution is 5.94. The summed E-state index contributed by atoms with van der Waals surface area (Å²) in [5.41, 5.74) is 1.88. The van der Waals surface area contributed by atoms with Crippen LogP contribution < -0.4 is 19.7 Å². The molecule has 1 amide bonds. The summed E-state index contributed by atoms with van der Waals surface area (Å²) in [7, 11) is 0. The Hall–Kier alpha value is -2.88. The van der Waals surface area contributed by atoms with Gasteiger partial charge in [0.15, 0.2) is 11.5 Å². The molecule has 2 aromatic rings. The number of benzene rings is 1. The molecule has 1 aromatic heterocycles. The molecule has 2 fully saturated rings. The summed E-state index contributed by atoms with van der Waals surface area (Å²) >= 11 is 0. The molecular formula is C24H31N5O4. The van der Waals surface area contributed by atoms with Crippen LogP contribution in [0, 0.1) is 0 Å². The largest absolute Gasteiger partial charge is 0.454 e. The number of ether oxygens (including phenoxy) is 3. The fraction of sp³-hybridized carbons (Fsp3) is 0.500. The number of fused-ring (bicyclic) bond motifs is 1. The summed E-state index contributed by atoms with van der Waals surface area (Å²) in [5, 5.41) is 3.03. The second kappa shape index (κ2) is 10.4. The van der Waals surface area contributed by atoms with Crippen LogP contribution in [0.2, 0.25) is 0 Å². The van der Waals surface area contributed by atoms with E-state index in [0.717, 1.165) is 82.9 Å². The summed E-state index contributed by atoms with van der Waals surface area (Å²) in [6, 6.07) is 9.83. The van der Waals surface area contributed by atoms with E-state index in [1.54, 1.807) is 12.3 Å². The predicted octanol–water partition coefficient (Wildman–Crippen LogP) is 1.19. The van der Waals surface area contributed by atoms with Crippen LogP contribution in [0.4, 0.5) is 5.82 Å². The maximum Gasteiger partial charge on any atom is 0.251 e. The molecule has 4 heterocycles. The number of hydrogen-bond donors (Lipinski definition) is 1. The first-order valence-electron chi connectivity index (χ1n) is 11.6. The molecule has 1 N–H and O–H groups in total. The van der Waals surface area contributed by atoms with Gasteiger partial charge in [0.25, 0.3) is 5.91 Å². The van der Waals surface area contributed by atoms with Crippen molar-refractivity contribution < 1.29 is 19.0 Å². The average molecular weight is 454 g/mol. The van der Waals surface area contributed by atoms with Crippen LogP contribution in [0.25, 0.3) is 0 Å². The lowest BCUT2D eigenvalue weighted by Crippen LogP contribution is -2.46. The fourth-order valence-electron chi connectivity index (χ4n) is 4.42. The Morgan fingerprint density at radius 2 is 1.76 bits per heavy atom. The SMILES string of the molecule is O=C(NCCN1CCOCC1)c1ccnc(N2CCN(Cc3ccc4c(c3)OCO4)CC2)c1. The smallest absolute Gasteiger partial charge is 0.251 e. The van der Waals surface area contributed by atoms with Gasteiger partial charge in [0, 0.05) is 70.7 Å². The molecule has 3 aliphatic rings. The highest BCUT2D eigenvalue weighted by Gasteiger charge is 2.21. The maximum atomic E-state index is 12.6. The second-order valence-corrected chi connectivity index (χ2v) is 8.56. The molecule has 0 spiro atoms. The van der Waals surface area contributed by atoms with Gasteiger partial charge in [-0.1, -0.05) is 6.07 Å². The Morgan fingerprint density at radius 1 is 0.939 bits per heavy atom. The number of piperazine rings is 1. The lowest BCUT2D eigenvalue weighted by atomic mass is 10.1. The molecule has 9 heteroatoms. The summed E-state index contributed by atoms with van der Waals surface area (Å²) in [6.07, 6.45) is 1.73. The summed E-state index contributed by atoms with van der Waals surface area (Å²) < 4.78 is 16.3. The van der Waals surface area contributed by atoms with Gasteiger partial charge >= 0.3 is 0 Å². The minimum atomic E-state index is -0.0478. The third-order valence-corrected chi connectivity index (χ3v) is 6.36. The van der Waals surface area contributed by atoms with Crippen molar-refractivity contribution in [3.8, 4) is 11.5 Å². The minimum Gasteiger partial charge on any atom is -0.454 e. The summed E-state index contributed by atoms with van der Waals surface area (Å²) in [5.74, 6) is 2.46. The van der Waals surface area contributed by atoms with Crippen LogP contribution in [0.15, 0.2) is 36.5 Å². The Bertz CT molecular complexity index is 958. The number of carbonyl (C=O) groups is 1. The molecule has 1 aromatic carbocycles. The minimum absolute atomic E-state index is 0.0478. The van der Waals surface area contributed by atoms with Gasteiger partial charge in [0.05, 0.1) is 13.2 Å². The van der Waals surface area contributed by atoms with Crippen molar-refractivity contribution in [2.24, 2.45) is 0 Å². The highest BCUT2D eigenvalue weighted by Crippen LogP contribution is 2.33. The van der Waals surface area contributed by atoms with Crippen molar-refractivity contribution in [3.63, 3.8) is 0 Å². The number of morpholine rings is 1. The van der Waals surface area contributed by atoms with Crippen LogP contribution in [0.3, 0.4) is 0 Å². The zero-order valence-corrected chi connectivity index (χ0v) is 18.9. The van der Waals surface area contributed by atoms with Crippen molar-refractivity contribution in [3.05, 3.63) is 47.7 Å². The molecule has 0 atom stereocenters. The van der Waals surface area contributed by atoms with Crippen LogP contribution in [0.5, 0.6) is 11.5 Å². The molecule has 0 radical (unpaired) electrons. The number of anilines is 1. The Morgan fingerprint density at radius 3 is 2.61 bits per heavy atom. The molecular weight excluding hydrogens is 422 g/mol. The summed E-state index contributed by atoms with van der Waals surface area (Å²) in [6.45, 7) is 9.67. The van der Waals surface area contributed by atoms with E-state index in [2.05, 4.69) is 37.1 Å².